The summed E-state index contributed by atoms with van der Waals surface area (Å²) in [4.78, 5) is 24.4. The number of carbonyl (C=O) groups is 2. The van der Waals surface area contributed by atoms with Crippen LogP contribution in [0.5, 0.6) is 0 Å². The van der Waals surface area contributed by atoms with Crippen LogP contribution in [0.2, 0.25) is 0 Å². The second kappa shape index (κ2) is 6.83. The third kappa shape index (κ3) is 3.79. The van der Waals surface area contributed by atoms with Gasteiger partial charge in [-0.05, 0) is 56.5 Å². The minimum absolute atomic E-state index is 0.137. The Morgan fingerprint density at radius 3 is 2.45 bits per heavy atom. The standard InChI is InChI=1S/C15H19F2N3O2/c1-9(14(21)19-15(18)22)20-6-4-10(5-7-20)11-2-3-12(16)13(17)8-11/h2-3,8-10H,4-7H2,1H3,(H3,18,19,21,22)/t9-/m1/s1. The predicted molar refractivity (Wildman–Crippen MR) is 77.1 cm³/mol. The molecule has 22 heavy (non-hydrogen) atoms. The number of hydrogen-bond acceptors (Lipinski definition) is 3. The summed E-state index contributed by atoms with van der Waals surface area (Å²) in [5.41, 5.74) is 5.70. The molecule has 1 heterocycles. The van der Waals surface area contributed by atoms with Crippen LogP contribution >= 0.6 is 0 Å². The van der Waals surface area contributed by atoms with E-state index < -0.39 is 29.6 Å². The molecule has 0 aromatic heterocycles. The highest BCUT2D eigenvalue weighted by atomic mass is 19.2. The van der Waals surface area contributed by atoms with Gasteiger partial charge in [-0.3, -0.25) is 15.0 Å². The lowest BCUT2D eigenvalue weighted by atomic mass is 9.89. The van der Waals surface area contributed by atoms with E-state index in [2.05, 4.69) is 5.32 Å². The summed E-state index contributed by atoms with van der Waals surface area (Å²) < 4.78 is 26.2. The van der Waals surface area contributed by atoms with Crippen molar-refractivity contribution in [2.24, 2.45) is 5.73 Å². The largest absolute Gasteiger partial charge is 0.351 e. The monoisotopic (exact) mass is 311 g/mol. The second-order valence-corrected chi connectivity index (χ2v) is 5.51. The van der Waals surface area contributed by atoms with Crippen molar-refractivity contribution in [1.29, 1.82) is 0 Å². The van der Waals surface area contributed by atoms with Crippen LogP contribution in [0.25, 0.3) is 0 Å². The maximum absolute atomic E-state index is 13.3. The minimum Gasteiger partial charge on any atom is -0.351 e. The first-order chi connectivity index (χ1) is 10.4. The fraction of sp³-hybridized carbons (Fsp3) is 0.467. The molecule has 2 rings (SSSR count). The molecule has 1 atom stereocenters. The highest BCUT2D eigenvalue weighted by molar-refractivity contribution is 5.96. The number of likely N-dealkylation sites (tertiary alicyclic amines) is 1. The van der Waals surface area contributed by atoms with Crippen LogP contribution in [-0.2, 0) is 4.79 Å². The number of urea groups is 1. The Kier molecular flexibility index (Phi) is 5.07. The lowest BCUT2D eigenvalue weighted by Crippen LogP contribution is -2.50. The molecule has 1 aliphatic heterocycles. The van der Waals surface area contributed by atoms with Gasteiger partial charge in [-0.1, -0.05) is 6.07 Å². The van der Waals surface area contributed by atoms with Gasteiger partial charge in [-0.2, -0.15) is 0 Å². The first-order valence-electron chi connectivity index (χ1n) is 7.17. The Labute approximate surface area is 127 Å². The highest BCUT2D eigenvalue weighted by Gasteiger charge is 2.28. The van der Waals surface area contributed by atoms with Gasteiger partial charge in [0.2, 0.25) is 5.91 Å². The number of halogens is 2. The Balaban J connectivity index is 1.93. The highest BCUT2D eigenvalue weighted by Crippen LogP contribution is 2.29. The molecule has 0 saturated carbocycles. The summed E-state index contributed by atoms with van der Waals surface area (Å²) in [6.07, 6.45) is 1.47. The molecule has 7 heteroatoms. The number of nitrogens with one attached hydrogen (secondary N) is 1. The number of nitrogens with zero attached hydrogens (tertiary/aromatic N) is 1. The Morgan fingerprint density at radius 1 is 1.27 bits per heavy atom. The van der Waals surface area contributed by atoms with Crippen LogP contribution in [0.15, 0.2) is 18.2 Å². The van der Waals surface area contributed by atoms with Crippen molar-refractivity contribution >= 4 is 11.9 Å². The molecule has 1 aromatic carbocycles. The number of carbonyl (C=O) groups excluding carboxylic acids is 2. The molecule has 3 N–H and O–H groups in total. The lowest BCUT2D eigenvalue weighted by Gasteiger charge is -2.35. The zero-order valence-electron chi connectivity index (χ0n) is 12.3. The first kappa shape index (κ1) is 16.4. The minimum atomic E-state index is -0.867. The van der Waals surface area contributed by atoms with Crippen molar-refractivity contribution < 1.29 is 18.4 Å². The van der Waals surface area contributed by atoms with E-state index in [-0.39, 0.29) is 5.92 Å². The summed E-state index contributed by atoms with van der Waals surface area (Å²) >= 11 is 0. The average Bonchev–Trinajstić information content (AvgIpc) is 2.49. The molecule has 120 valence electrons. The number of nitrogens with two attached hydrogens (primary N) is 1. The Morgan fingerprint density at radius 2 is 1.91 bits per heavy atom. The van der Waals surface area contributed by atoms with Crippen molar-refractivity contribution in [3.63, 3.8) is 0 Å². The molecule has 0 aliphatic carbocycles. The van der Waals surface area contributed by atoms with Crippen molar-refractivity contribution in [3.8, 4) is 0 Å². The summed E-state index contributed by atoms with van der Waals surface area (Å²) in [5.74, 6) is -1.98. The van der Waals surface area contributed by atoms with E-state index in [1.54, 1.807) is 13.0 Å². The molecule has 0 bridgehead atoms. The molecule has 1 aromatic rings. The van der Waals surface area contributed by atoms with Gasteiger partial charge in [-0.25, -0.2) is 13.6 Å². The van der Waals surface area contributed by atoms with Gasteiger partial charge in [-0.15, -0.1) is 0 Å². The summed E-state index contributed by atoms with van der Waals surface area (Å²) in [5, 5.41) is 2.06. The maximum Gasteiger partial charge on any atom is 0.318 e. The lowest BCUT2D eigenvalue weighted by molar-refractivity contribution is -0.125. The van der Waals surface area contributed by atoms with E-state index in [1.165, 1.54) is 6.07 Å². The molecular formula is C15H19F2N3O2. The Bertz CT molecular complexity index is 572. The second-order valence-electron chi connectivity index (χ2n) is 5.51. The summed E-state index contributed by atoms with van der Waals surface area (Å²) in [7, 11) is 0. The van der Waals surface area contributed by atoms with Gasteiger partial charge in [0, 0.05) is 0 Å². The number of piperidine rings is 1. The topological polar surface area (TPSA) is 75.4 Å². The van der Waals surface area contributed by atoms with E-state index in [9.17, 15) is 18.4 Å². The molecule has 0 spiro atoms. The van der Waals surface area contributed by atoms with Crippen molar-refractivity contribution in [2.45, 2.75) is 31.7 Å². The number of hydrogen-bond donors (Lipinski definition) is 2. The van der Waals surface area contributed by atoms with Crippen molar-refractivity contribution in [3.05, 3.63) is 35.4 Å². The van der Waals surface area contributed by atoms with E-state index in [1.807, 2.05) is 4.90 Å². The fourth-order valence-electron chi connectivity index (χ4n) is 2.78. The molecule has 1 fully saturated rings. The van der Waals surface area contributed by atoms with Gasteiger partial charge in [0.1, 0.15) is 0 Å². The smallest absolute Gasteiger partial charge is 0.318 e. The number of primary amides is 1. The zero-order chi connectivity index (χ0) is 16.3. The number of benzene rings is 1. The van der Waals surface area contributed by atoms with E-state index in [0.717, 1.165) is 24.5 Å². The van der Waals surface area contributed by atoms with Gasteiger partial charge in [0.15, 0.2) is 11.6 Å². The van der Waals surface area contributed by atoms with Crippen molar-refractivity contribution in [1.82, 2.24) is 10.2 Å². The molecule has 5 nitrogen and oxygen atoms in total. The van der Waals surface area contributed by atoms with Crippen LogP contribution in [-0.4, -0.2) is 36.0 Å². The zero-order valence-corrected chi connectivity index (χ0v) is 12.3. The molecule has 1 saturated heterocycles. The quantitative estimate of drug-likeness (QED) is 0.892. The maximum atomic E-state index is 13.3. The molecule has 0 unspecified atom stereocenters. The van der Waals surface area contributed by atoms with Gasteiger partial charge >= 0.3 is 6.03 Å². The van der Waals surface area contributed by atoms with Crippen LogP contribution in [0.3, 0.4) is 0 Å². The molecule has 0 radical (unpaired) electrons. The number of imide groups is 1. The van der Waals surface area contributed by atoms with Gasteiger partial charge < -0.3 is 5.73 Å². The van der Waals surface area contributed by atoms with Gasteiger partial charge in [0.25, 0.3) is 0 Å². The normalized spacial score (nSPS) is 18.0. The van der Waals surface area contributed by atoms with Crippen LogP contribution < -0.4 is 11.1 Å². The molecular weight excluding hydrogens is 292 g/mol. The first-order valence-corrected chi connectivity index (χ1v) is 7.17. The molecule has 3 amide bonds. The van der Waals surface area contributed by atoms with E-state index in [0.29, 0.717) is 13.1 Å². The summed E-state index contributed by atoms with van der Waals surface area (Å²) in [6, 6.07) is 2.65. The van der Waals surface area contributed by atoms with Crippen molar-refractivity contribution in [2.75, 3.05) is 13.1 Å². The summed E-state index contributed by atoms with van der Waals surface area (Å²) in [6.45, 7) is 2.98. The third-order valence-corrected chi connectivity index (χ3v) is 4.12. The van der Waals surface area contributed by atoms with E-state index >= 15 is 0 Å². The van der Waals surface area contributed by atoms with Crippen LogP contribution in [0.1, 0.15) is 31.2 Å². The van der Waals surface area contributed by atoms with Crippen LogP contribution in [0.4, 0.5) is 13.6 Å². The average molecular weight is 311 g/mol. The number of rotatable bonds is 3. The predicted octanol–water partition coefficient (Wildman–Crippen LogP) is 1.73. The fourth-order valence-corrected chi connectivity index (χ4v) is 2.78. The van der Waals surface area contributed by atoms with Gasteiger partial charge in [0.05, 0.1) is 6.04 Å². The molecule has 1 aliphatic rings. The SMILES string of the molecule is C[C@H](C(=O)NC(N)=O)N1CCC(c2ccc(F)c(F)c2)CC1. The number of amides is 3. The third-order valence-electron chi connectivity index (χ3n) is 4.12. The Hall–Kier alpha value is -2.02. The van der Waals surface area contributed by atoms with E-state index in [4.69, 9.17) is 5.73 Å². The van der Waals surface area contributed by atoms with Crippen LogP contribution in [0, 0.1) is 11.6 Å².